The van der Waals surface area contributed by atoms with E-state index in [4.69, 9.17) is 23.7 Å². The molecule has 5 aromatic carbocycles. The summed E-state index contributed by atoms with van der Waals surface area (Å²) >= 11 is 0. The minimum atomic E-state index is -1.48. The third kappa shape index (κ3) is 11.4. The van der Waals surface area contributed by atoms with E-state index in [0.717, 1.165) is 84.0 Å². The van der Waals surface area contributed by atoms with Crippen molar-refractivity contribution < 1.29 is 38.4 Å². The molecule has 2 amide bonds. The zero-order valence-electron chi connectivity index (χ0n) is 41.1. The number of hydrogen-bond donors (Lipinski definition) is 2. The van der Waals surface area contributed by atoms with Crippen molar-refractivity contribution in [2.24, 2.45) is 0 Å². The fourth-order valence-corrected chi connectivity index (χ4v) is 10.5. The number of fused-ring (bicyclic) bond motifs is 2. The zero-order valence-corrected chi connectivity index (χ0v) is 41.1. The van der Waals surface area contributed by atoms with Gasteiger partial charge in [-0.15, -0.1) is 0 Å². The molecule has 3 fully saturated rings. The fourth-order valence-electron chi connectivity index (χ4n) is 10.5. The summed E-state index contributed by atoms with van der Waals surface area (Å²) in [6.45, 7) is 7.78. The summed E-state index contributed by atoms with van der Waals surface area (Å²) in [6.07, 6.45) is 4.49. The van der Waals surface area contributed by atoms with Gasteiger partial charge in [-0.1, -0.05) is 127 Å². The second-order valence-electron chi connectivity index (χ2n) is 20.0. The number of aryl methyl sites for hydroxylation is 2. The van der Waals surface area contributed by atoms with Crippen molar-refractivity contribution in [1.82, 2.24) is 15.1 Å². The first-order valence-electron chi connectivity index (χ1n) is 24.7. The Morgan fingerprint density at radius 3 is 1.88 bits per heavy atom. The quantitative estimate of drug-likeness (QED) is 0.0490. The van der Waals surface area contributed by atoms with Crippen LogP contribution in [-0.2, 0) is 71.7 Å². The van der Waals surface area contributed by atoms with Gasteiger partial charge in [-0.25, -0.2) is 0 Å². The van der Waals surface area contributed by atoms with E-state index in [9.17, 15) is 14.7 Å². The summed E-state index contributed by atoms with van der Waals surface area (Å²) in [6, 6.07) is 45.1. The highest BCUT2D eigenvalue weighted by molar-refractivity contribution is 5.77. The van der Waals surface area contributed by atoms with E-state index >= 15 is 0 Å². The summed E-state index contributed by atoms with van der Waals surface area (Å²) in [5.41, 5.74) is 4.87. The van der Waals surface area contributed by atoms with Crippen molar-refractivity contribution in [3.05, 3.63) is 178 Å². The first kappa shape index (κ1) is 50.2. The van der Waals surface area contributed by atoms with Gasteiger partial charge in [0.05, 0.1) is 32.0 Å². The molecule has 2 heterocycles. The van der Waals surface area contributed by atoms with E-state index in [1.807, 2.05) is 116 Å². The molecular weight excluding hydrogens is 867 g/mol. The van der Waals surface area contributed by atoms with Gasteiger partial charge in [0.15, 0.2) is 5.60 Å². The second-order valence-corrected chi connectivity index (χ2v) is 20.0. The Labute approximate surface area is 409 Å². The zero-order chi connectivity index (χ0) is 48.5. The number of carbonyl (C=O) groups excluding carboxylic acids is 2. The third-order valence-electron chi connectivity index (χ3n) is 14.5. The normalized spacial score (nSPS) is 23.0. The topological polar surface area (TPSA) is 119 Å². The number of amides is 2. The van der Waals surface area contributed by atoms with Crippen LogP contribution in [0.3, 0.4) is 0 Å². The smallest absolute Gasteiger partial charge is 0.225 e. The number of nitrogens with zero attached hydrogens (tertiary/aromatic N) is 2. The molecule has 0 spiro atoms. The Balaban J connectivity index is 1.06. The van der Waals surface area contributed by atoms with Gasteiger partial charge in [-0.3, -0.25) is 9.59 Å². The highest BCUT2D eigenvalue weighted by atomic mass is 16.8. The lowest BCUT2D eigenvalue weighted by atomic mass is 9.74. The minimum absolute atomic E-state index is 0.0350. The lowest BCUT2D eigenvalue weighted by molar-refractivity contribution is -0.369. The van der Waals surface area contributed by atoms with Gasteiger partial charge in [0.25, 0.3) is 0 Å². The molecule has 5 atom stereocenters. The lowest BCUT2D eigenvalue weighted by Crippen LogP contribution is -2.72. The Kier molecular flexibility index (Phi) is 16.2. The minimum Gasteiger partial charge on any atom is -0.387 e. The Hall–Kier alpha value is -5.24. The first-order chi connectivity index (χ1) is 33.3. The number of rotatable bonds is 23. The van der Waals surface area contributed by atoms with Crippen LogP contribution in [0.15, 0.2) is 133 Å². The molecule has 0 aromatic heterocycles. The van der Waals surface area contributed by atoms with Crippen molar-refractivity contribution in [2.45, 2.75) is 133 Å². The van der Waals surface area contributed by atoms with E-state index in [1.54, 1.807) is 13.8 Å². The molecule has 2 N–H and O–H groups in total. The van der Waals surface area contributed by atoms with Gasteiger partial charge in [-0.05, 0) is 125 Å². The number of ether oxygens (including phenoxy) is 5. The number of aliphatic hydroxyl groups is 1. The maximum Gasteiger partial charge on any atom is 0.225 e. The van der Waals surface area contributed by atoms with E-state index in [-0.39, 0.29) is 32.3 Å². The van der Waals surface area contributed by atoms with Gasteiger partial charge in [0.1, 0.15) is 24.0 Å². The van der Waals surface area contributed by atoms with Crippen molar-refractivity contribution >= 4 is 12.3 Å². The van der Waals surface area contributed by atoms with Crippen molar-refractivity contribution in [3.8, 4) is 0 Å². The van der Waals surface area contributed by atoms with Crippen LogP contribution in [0.2, 0.25) is 0 Å². The highest BCUT2D eigenvalue weighted by Gasteiger charge is 2.73. The van der Waals surface area contributed by atoms with Crippen LogP contribution in [-0.4, -0.2) is 96.2 Å². The van der Waals surface area contributed by atoms with Gasteiger partial charge in [0, 0.05) is 25.1 Å². The number of benzene rings is 5. The molecule has 2 saturated heterocycles. The summed E-state index contributed by atoms with van der Waals surface area (Å²) in [5.74, 6) is -1.39. The molecule has 69 heavy (non-hydrogen) atoms. The van der Waals surface area contributed by atoms with Gasteiger partial charge in [-0.2, -0.15) is 0 Å². The molecule has 0 unspecified atom stereocenters. The van der Waals surface area contributed by atoms with Crippen molar-refractivity contribution in [1.29, 1.82) is 0 Å². The average Bonchev–Trinajstić information content (AvgIpc) is 3.98. The van der Waals surface area contributed by atoms with Gasteiger partial charge in [0.2, 0.25) is 18.1 Å². The van der Waals surface area contributed by atoms with Crippen LogP contribution >= 0.6 is 0 Å². The Bertz CT molecular complexity index is 2420. The molecule has 1 saturated carbocycles. The highest BCUT2D eigenvalue weighted by Crippen LogP contribution is 2.56. The van der Waals surface area contributed by atoms with E-state index in [0.29, 0.717) is 25.8 Å². The summed E-state index contributed by atoms with van der Waals surface area (Å²) in [5, 5.41) is 15.3. The monoisotopic (exact) mass is 938 g/mol. The van der Waals surface area contributed by atoms with Crippen LogP contribution in [0.5, 0.6) is 0 Å². The molecule has 366 valence electrons. The maximum atomic E-state index is 13.8. The fraction of sp³-hybridized carbons (Fsp3) is 0.448. The molecule has 11 heteroatoms. The molecule has 8 rings (SSSR count). The predicted octanol–water partition coefficient (Wildman–Crippen LogP) is 8.79. The molecule has 2 bridgehead atoms. The molecule has 11 nitrogen and oxygen atoms in total. The van der Waals surface area contributed by atoms with Crippen LogP contribution in [0.1, 0.15) is 96.9 Å². The number of likely N-dealkylation sites (N-methyl/N-ethyl adjacent to an activating group) is 1. The van der Waals surface area contributed by atoms with Crippen molar-refractivity contribution in [2.75, 3.05) is 33.8 Å². The van der Waals surface area contributed by atoms with E-state index in [2.05, 4.69) is 53.5 Å². The van der Waals surface area contributed by atoms with Crippen LogP contribution in [0, 0.1) is 6.92 Å². The predicted molar refractivity (Wildman–Crippen MR) is 267 cm³/mol. The van der Waals surface area contributed by atoms with Gasteiger partial charge < -0.3 is 43.9 Å². The Morgan fingerprint density at radius 1 is 0.754 bits per heavy atom. The molecule has 5 aromatic rings. The van der Waals surface area contributed by atoms with Crippen LogP contribution < -0.4 is 5.32 Å². The van der Waals surface area contributed by atoms with E-state index in [1.165, 1.54) is 5.56 Å². The molecule has 2 aliphatic heterocycles. The Morgan fingerprint density at radius 2 is 1.32 bits per heavy atom. The average molecular weight is 938 g/mol. The van der Waals surface area contributed by atoms with Crippen molar-refractivity contribution in [3.63, 3.8) is 0 Å². The molecule has 3 aliphatic rings. The first-order valence-corrected chi connectivity index (χ1v) is 24.7. The number of carbonyl (C=O) groups is 2. The van der Waals surface area contributed by atoms with Crippen LogP contribution in [0.25, 0.3) is 0 Å². The summed E-state index contributed by atoms with van der Waals surface area (Å²) < 4.78 is 35.4. The lowest BCUT2D eigenvalue weighted by Gasteiger charge is -2.54. The third-order valence-corrected chi connectivity index (χ3v) is 14.5. The van der Waals surface area contributed by atoms with Crippen LogP contribution in [0.4, 0.5) is 0 Å². The molecular formula is C58H71N3O8. The summed E-state index contributed by atoms with van der Waals surface area (Å²) in [7, 11) is 4.01. The van der Waals surface area contributed by atoms with E-state index < -0.39 is 41.0 Å². The second kappa shape index (κ2) is 22.2. The molecule has 1 aliphatic carbocycles. The van der Waals surface area contributed by atoms with Gasteiger partial charge >= 0.3 is 0 Å². The standard InChI is InChI=1S/C58H71N3O8/c1-43-26-31-50(37-49(43)36-45-29-27-44(28-30-45)24-17-25-51(63)61(35-34-60(4)5)56(59-42-62)32-15-16-33-56)58-54(67-40-48-22-13-8-14-23-48)52(65-38-46-18-9-6-10-19-46)53(66-39-47-20-11-7-12-21-47)57(69-58,41-68-58)55(2,3)64/h6-14,18-23,26-31,37,42,52-54,64H,15-17,24-25,32-36,38-41H2,1-5H3,(H,59,62)/t52-,53-,54+,57-,58-/m0/s1. The SMILES string of the molecule is Cc1ccc([C@]23OC[C@](C(C)(C)O)(O2)[C@@H](OCc2ccccc2)[C@H](OCc2ccccc2)[C@H]3OCc2ccccc2)cc1Cc1ccc(CCCC(=O)N(CCN(C)C)C2(NC=O)CCCC2)cc1. The summed E-state index contributed by atoms with van der Waals surface area (Å²) in [4.78, 5) is 29.5. The number of hydrogen-bond acceptors (Lipinski definition) is 9. The number of nitrogens with one attached hydrogen (secondary N) is 1. The largest absolute Gasteiger partial charge is 0.387 e. The molecule has 0 radical (unpaired) electrons. The maximum absolute atomic E-state index is 13.8.